The number of benzene rings is 1. The summed E-state index contributed by atoms with van der Waals surface area (Å²) < 4.78 is 1.59. The van der Waals surface area contributed by atoms with Gasteiger partial charge in [-0.3, -0.25) is 10.2 Å². The molecule has 2 aromatic rings. The van der Waals surface area contributed by atoms with Crippen LogP contribution in [-0.2, 0) is 4.79 Å². The fourth-order valence-electron chi connectivity index (χ4n) is 1.98. The number of hydrogen-bond donors (Lipinski definition) is 1. The third-order valence-electron chi connectivity index (χ3n) is 2.72. The average molecular weight is 214 g/mol. The van der Waals surface area contributed by atoms with Crippen LogP contribution in [-0.4, -0.2) is 20.8 Å². The van der Waals surface area contributed by atoms with Crippen molar-refractivity contribution in [3.05, 3.63) is 48.0 Å². The zero-order valence-electron chi connectivity index (χ0n) is 8.50. The Kier molecular flexibility index (Phi) is 1.96. The van der Waals surface area contributed by atoms with Crippen LogP contribution in [0.1, 0.15) is 23.7 Å². The molecule has 1 unspecified atom stereocenters. The third kappa shape index (κ3) is 1.37. The fraction of sp³-hybridized carbons (Fsp3) is 0.182. The van der Waals surface area contributed by atoms with Crippen molar-refractivity contribution in [1.29, 1.82) is 0 Å². The Balaban J connectivity index is 2.07. The highest BCUT2D eigenvalue weighted by molar-refractivity contribution is 5.86. The molecule has 0 bridgehead atoms. The Morgan fingerprint density at radius 2 is 2.12 bits per heavy atom. The minimum atomic E-state index is -0.0128. The largest absolute Gasteiger partial charge is 0.273 e. The van der Waals surface area contributed by atoms with Crippen molar-refractivity contribution >= 4 is 5.91 Å². The van der Waals surface area contributed by atoms with Crippen molar-refractivity contribution in [2.24, 2.45) is 0 Å². The van der Waals surface area contributed by atoms with Crippen LogP contribution in [0.5, 0.6) is 0 Å². The molecule has 1 aromatic heterocycles. The first-order valence-electron chi connectivity index (χ1n) is 5.09. The summed E-state index contributed by atoms with van der Waals surface area (Å²) in [6, 6.07) is 9.88. The van der Waals surface area contributed by atoms with E-state index in [-0.39, 0.29) is 11.8 Å². The number of aromatic nitrogens is 3. The summed E-state index contributed by atoms with van der Waals surface area (Å²) in [6.07, 6.45) is 1.94. The van der Waals surface area contributed by atoms with E-state index in [1.54, 1.807) is 4.68 Å². The van der Waals surface area contributed by atoms with Gasteiger partial charge in [-0.2, -0.15) is 0 Å². The SMILES string of the molecule is O=C1CC(c2ccccc2)c2nncn2N1. The Labute approximate surface area is 92.1 Å². The van der Waals surface area contributed by atoms with Crippen molar-refractivity contribution in [2.75, 3.05) is 5.43 Å². The molecule has 5 heteroatoms. The predicted molar refractivity (Wildman–Crippen MR) is 57.3 cm³/mol. The van der Waals surface area contributed by atoms with Gasteiger partial charge in [0.05, 0.1) is 5.92 Å². The van der Waals surface area contributed by atoms with E-state index < -0.39 is 0 Å². The molecule has 80 valence electrons. The summed E-state index contributed by atoms with van der Waals surface area (Å²) in [4.78, 5) is 11.5. The molecule has 1 aromatic carbocycles. The molecule has 3 rings (SSSR count). The van der Waals surface area contributed by atoms with E-state index in [2.05, 4.69) is 15.6 Å². The molecule has 0 spiro atoms. The maximum atomic E-state index is 11.5. The molecule has 1 amide bonds. The molecule has 0 radical (unpaired) electrons. The lowest BCUT2D eigenvalue weighted by Crippen LogP contribution is -2.32. The number of rotatable bonds is 1. The highest BCUT2D eigenvalue weighted by Crippen LogP contribution is 2.28. The van der Waals surface area contributed by atoms with E-state index in [0.29, 0.717) is 6.42 Å². The lowest BCUT2D eigenvalue weighted by Gasteiger charge is -2.22. The molecule has 1 aliphatic rings. The first kappa shape index (κ1) is 9.08. The molecule has 0 saturated carbocycles. The number of hydrogen-bond acceptors (Lipinski definition) is 3. The van der Waals surface area contributed by atoms with Crippen molar-refractivity contribution < 1.29 is 4.79 Å². The van der Waals surface area contributed by atoms with Crippen molar-refractivity contribution in [2.45, 2.75) is 12.3 Å². The van der Waals surface area contributed by atoms with E-state index in [0.717, 1.165) is 11.4 Å². The summed E-state index contributed by atoms with van der Waals surface area (Å²) in [5.41, 5.74) is 3.78. The zero-order valence-corrected chi connectivity index (χ0v) is 8.50. The summed E-state index contributed by atoms with van der Waals surface area (Å²) in [7, 11) is 0. The Hall–Kier alpha value is -2.17. The second kappa shape index (κ2) is 3.44. The van der Waals surface area contributed by atoms with E-state index in [4.69, 9.17) is 0 Å². The normalized spacial score (nSPS) is 19.0. The van der Waals surface area contributed by atoms with Gasteiger partial charge in [-0.15, -0.1) is 10.2 Å². The number of nitrogens with one attached hydrogen (secondary N) is 1. The van der Waals surface area contributed by atoms with Crippen molar-refractivity contribution in [3.63, 3.8) is 0 Å². The summed E-state index contributed by atoms with van der Waals surface area (Å²) in [6.45, 7) is 0. The number of amides is 1. The number of carbonyl (C=O) groups excluding carboxylic acids is 1. The molecule has 1 atom stereocenters. The molecular weight excluding hydrogens is 204 g/mol. The molecule has 1 N–H and O–H groups in total. The molecule has 0 saturated heterocycles. The van der Waals surface area contributed by atoms with Gasteiger partial charge >= 0.3 is 0 Å². The number of carbonyl (C=O) groups is 1. The number of fused-ring (bicyclic) bond motifs is 1. The first-order valence-corrected chi connectivity index (χ1v) is 5.09. The van der Waals surface area contributed by atoms with Crippen molar-refractivity contribution in [3.8, 4) is 0 Å². The minimum absolute atomic E-state index is 0.00236. The molecule has 1 aliphatic heterocycles. The van der Waals surface area contributed by atoms with Crippen molar-refractivity contribution in [1.82, 2.24) is 14.9 Å². The van der Waals surface area contributed by atoms with Crippen LogP contribution in [0.4, 0.5) is 0 Å². The minimum Gasteiger partial charge on any atom is -0.273 e. The van der Waals surface area contributed by atoms with Crippen LogP contribution in [0, 0.1) is 0 Å². The van der Waals surface area contributed by atoms with E-state index >= 15 is 0 Å². The Morgan fingerprint density at radius 1 is 1.31 bits per heavy atom. The lowest BCUT2D eigenvalue weighted by molar-refractivity contribution is -0.118. The smallest absolute Gasteiger partial charge is 0.239 e. The van der Waals surface area contributed by atoms with Gasteiger partial charge in [-0.1, -0.05) is 30.3 Å². The summed E-state index contributed by atoms with van der Waals surface area (Å²) in [5.74, 6) is 0.768. The lowest BCUT2D eigenvalue weighted by atomic mass is 9.94. The molecule has 0 fully saturated rings. The van der Waals surface area contributed by atoms with Crippen LogP contribution >= 0.6 is 0 Å². The van der Waals surface area contributed by atoms with E-state index in [1.165, 1.54) is 6.33 Å². The predicted octanol–water partition coefficient (Wildman–Crippen LogP) is 0.884. The zero-order chi connectivity index (χ0) is 11.0. The monoisotopic (exact) mass is 214 g/mol. The standard InChI is InChI=1S/C11H10N4O/c16-10-6-9(8-4-2-1-3-5-8)11-13-12-7-15(11)14-10/h1-5,7,9H,6H2,(H,14,16). The fourth-order valence-corrected chi connectivity index (χ4v) is 1.98. The van der Waals surface area contributed by atoms with Gasteiger partial charge in [0.15, 0.2) is 5.82 Å². The molecule has 5 nitrogen and oxygen atoms in total. The van der Waals surface area contributed by atoms with Crippen LogP contribution in [0.25, 0.3) is 0 Å². The Bertz CT molecular complexity index is 520. The van der Waals surface area contributed by atoms with Gasteiger partial charge < -0.3 is 0 Å². The van der Waals surface area contributed by atoms with Crippen LogP contribution in [0.2, 0.25) is 0 Å². The van der Waals surface area contributed by atoms with E-state index in [9.17, 15) is 4.79 Å². The first-order chi connectivity index (χ1) is 7.84. The maximum Gasteiger partial charge on any atom is 0.239 e. The van der Waals surface area contributed by atoms with Gasteiger partial charge in [0.2, 0.25) is 5.91 Å². The molecular formula is C11H10N4O. The second-order valence-electron chi connectivity index (χ2n) is 3.76. The van der Waals surface area contributed by atoms with Crippen LogP contribution < -0.4 is 5.43 Å². The van der Waals surface area contributed by atoms with Crippen LogP contribution in [0.15, 0.2) is 36.7 Å². The second-order valence-corrected chi connectivity index (χ2v) is 3.76. The van der Waals surface area contributed by atoms with Gasteiger partial charge in [0.1, 0.15) is 6.33 Å². The third-order valence-corrected chi connectivity index (χ3v) is 2.72. The highest BCUT2D eigenvalue weighted by atomic mass is 16.2. The average Bonchev–Trinajstić information content (AvgIpc) is 2.77. The van der Waals surface area contributed by atoms with Gasteiger partial charge in [0.25, 0.3) is 0 Å². The quantitative estimate of drug-likeness (QED) is 0.766. The van der Waals surface area contributed by atoms with Gasteiger partial charge in [0, 0.05) is 6.42 Å². The van der Waals surface area contributed by atoms with Crippen LogP contribution in [0.3, 0.4) is 0 Å². The maximum absolute atomic E-state index is 11.5. The summed E-state index contributed by atoms with van der Waals surface area (Å²) in [5, 5.41) is 7.86. The van der Waals surface area contributed by atoms with E-state index in [1.807, 2.05) is 30.3 Å². The highest BCUT2D eigenvalue weighted by Gasteiger charge is 2.28. The molecule has 2 heterocycles. The Morgan fingerprint density at radius 3 is 2.94 bits per heavy atom. The molecule has 16 heavy (non-hydrogen) atoms. The van der Waals surface area contributed by atoms with Gasteiger partial charge in [-0.05, 0) is 5.56 Å². The topological polar surface area (TPSA) is 59.8 Å². The molecule has 0 aliphatic carbocycles. The van der Waals surface area contributed by atoms with Gasteiger partial charge in [-0.25, -0.2) is 4.68 Å². The number of nitrogens with zero attached hydrogens (tertiary/aromatic N) is 3. The summed E-state index contributed by atoms with van der Waals surface area (Å²) >= 11 is 0.